The SMILES string of the molecule is COc1ccc(-c2nnc3sc(CCc4ccccc4)nn23)cc1. The van der Waals surface area contributed by atoms with Gasteiger partial charge in [0.1, 0.15) is 10.8 Å². The zero-order valence-corrected chi connectivity index (χ0v) is 14.0. The fraction of sp³-hybridized carbons (Fsp3) is 0.167. The highest BCUT2D eigenvalue weighted by Gasteiger charge is 2.13. The largest absolute Gasteiger partial charge is 0.497 e. The smallest absolute Gasteiger partial charge is 0.234 e. The number of hydrogen-bond donors (Lipinski definition) is 0. The van der Waals surface area contributed by atoms with Gasteiger partial charge in [0.25, 0.3) is 0 Å². The van der Waals surface area contributed by atoms with E-state index in [9.17, 15) is 0 Å². The number of fused-ring (bicyclic) bond motifs is 1. The van der Waals surface area contributed by atoms with Crippen molar-refractivity contribution in [3.8, 4) is 17.1 Å². The normalized spacial score (nSPS) is 11.0. The first-order valence-electron chi connectivity index (χ1n) is 7.73. The molecule has 2 aromatic heterocycles. The Bertz CT molecular complexity index is 944. The van der Waals surface area contributed by atoms with Gasteiger partial charge in [0, 0.05) is 12.0 Å². The summed E-state index contributed by atoms with van der Waals surface area (Å²) in [7, 11) is 1.66. The minimum absolute atomic E-state index is 0.759. The summed E-state index contributed by atoms with van der Waals surface area (Å²) in [5, 5.41) is 14.3. The lowest BCUT2D eigenvalue weighted by Crippen LogP contribution is -1.95. The maximum absolute atomic E-state index is 5.20. The van der Waals surface area contributed by atoms with Crippen LogP contribution in [0, 0.1) is 0 Å². The Labute approximate surface area is 143 Å². The zero-order chi connectivity index (χ0) is 16.4. The van der Waals surface area contributed by atoms with Crippen molar-refractivity contribution in [2.24, 2.45) is 0 Å². The molecule has 0 aliphatic heterocycles. The molecule has 0 aliphatic rings. The Morgan fingerprint density at radius 1 is 0.958 bits per heavy atom. The Hall–Kier alpha value is -2.73. The highest BCUT2D eigenvalue weighted by molar-refractivity contribution is 7.16. The van der Waals surface area contributed by atoms with Crippen LogP contribution < -0.4 is 4.74 Å². The molecule has 0 spiro atoms. The van der Waals surface area contributed by atoms with Crippen molar-refractivity contribution in [1.82, 2.24) is 19.8 Å². The molecule has 2 heterocycles. The van der Waals surface area contributed by atoms with Gasteiger partial charge in [-0.05, 0) is 36.2 Å². The summed E-state index contributed by atoms with van der Waals surface area (Å²) in [5.41, 5.74) is 2.29. The van der Waals surface area contributed by atoms with Gasteiger partial charge in [0.05, 0.1) is 7.11 Å². The number of methoxy groups -OCH3 is 1. The lowest BCUT2D eigenvalue weighted by molar-refractivity contribution is 0.415. The van der Waals surface area contributed by atoms with Gasteiger partial charge in [-0.3, -0.25) is 0 Å². The molecule has 4 aromatic rings. The van der Waals surface area contributed by atoms with Crippen LogP contribution in [0.4, 0.5) is 0 Å². The number of aromatic nitrogens is 4. The van der Waals surface area contributed by atoms with Crippen LogP contribution in [0.5, 0.6) is 5.75 Å². The lowest BCUT2D eigenvalue weighted by Gasteiger charge is -2.00. The number of aryl methyl sites for hydroxylation is 2. The van der Waals surface area contributed by atoms with Crippen molar-refractivity contribution in [1.29, 1.82) is 0 Å². The molecule has 0 unspecified atom stereocenters. The summed E-state index contributed by atoms with van der Waals surface area (Å²) < 4.78 is 7.02. The van der Waals surface area contributed by atoms with Crippen LogP contribution in [0.1, 0.15) is 10.6 Å². The summed E-state index contributed by atoms with van der Waals surface area (Å²) >= 11 is 1.59. The number of benzene rings is 2. The molecule has 5 nitrogen and oxygen atoms in total. The number of hydrogen-bond acceptors (Lipinski definition) is 5. The molecule has 120 valence electrons. The van der Waals surface area contributed by atoms with Gasteiger partial charge in [0.2, 0.25) is 4.96 Å². The molecule has 0 fully saturated rings. The van der Waals surface area contributed by atoms with Gasteiger partial charge in [-0.2, -0.15) is 9.61 Å². The Morgan fingerprint density at radius 2 is 1.75 bits per heavy atom. The quantitative estimate of drug-likeness (QED) is 0.558. The van der Waals surface area contributed by atoms with Crippen LogP contribution in [0.15, 0.2) is 54.6 Å². The summed E-state index contributed by atoms with van der Waals surface area (Å²) in [5.74, 6) is 1.58. The van der Waals surface area contributed by atoms with Gasteiger partial charge >= 0.3 is 0 Å². The third-order valence-electron chi connectivity index (χ3n) is 3.85. The van der Waals surface area contributed by atoms with Crippen molar-refractivity contribution in [2.75, 3.05) is 7.11 Å². The van der Waals surface area contributed by atoms with Crippen LogP contribution in [0.2, 0.25) is 0 Å². The molecule has 0 N–H and O–H groups in total. The number of rotatable bonds is 5. The average Bonchev–Trinajstić information content (AvgIpc) is 3.21. The third kappa shape index (κ3) is 2.88. The summed E-state index contributed by atoms with van der Waals surface area (Å²) in [6.45, 7) is 0. The monoisotopic (exact) mass is 336 g/mol. The van der Waals surface area contributed by atoms with Gasteiger partial charge < -0.3 is 4.74 Å². The number of ether oxygens (including phenoxy) is 1. The van der Waals surface area contributed by atoms with Crippen LogP contribution in [0.25, 0.3) is 16.3 Å². The molecule has 0 radical (unpaired) electrons. The summed E-state index contributed by atoms with van der Waals surface area (Å²) in [4.78, 5) is 0.823. The fourth-order valence-corrected chi connectivity index (χ4v) is 3.41. The van der Waals surface area contributed by atoms with E-state index in [2.05, 4.69) is 39.6 Å². The van der Waals surface area contributed by atoms with Gasteiger partial charge in [-0.1, -0.05) is 41.7 Å². The van der Waals surface area contributed by atoms with Gasteiger partial charge in [-0.25, -0.2) is 0 Å². The van der Waals surface area contributed by atoms with E-state index >= 15 is 0 Å². The minimum atomic E-state index is 0.759. The molecular weight excluding hydrogens is 320 g/mol. The first-order valence-corrected chi connectivity index (χ1v) is 8.54. The standard InChI is InChI=1S/C18H16N4OS/c1-23-15-10-8-14(9-11-15)17-19-20-18-22(17)21-16(24-18)12-7-13-5-3-2-4-6-13/h2-6,8-11H,7,12H2,1H3. The van der Waals surface area contributed by atoms with Crippen molar-refractivity contribution in [3.05, 3.63) is 65.2 Å². The highest BCUT2D eigenvalue weighted by atomic mass is 32.1. The van der Waals surface area contributed by atoms with Crippen molar-refractivity contribution in [2.45, 2.75) is 12.8 Å². The Kier molecular flexibility index (Phi) is 3.96. The van der Waals surface area contributed by atoms with Crippen LogP contribution >= 0.6 is 11.3 Å². The zero-order valence-electron chi connectivity index (χ0n) is 13.2. The molecule has 24 heavy (non-hydrogen) atoms. The molecule has 6 heteroatoms. The van der Waals surface area contributed by atoms with Crippen molar-refractivity contribution >= 4 is 16.3 Å². The van der Waals surface area contributed by atoms with E-state index in [1.807, 2.05) is 34.8 Å². The van der Waals surface area contributed by atoms with Crippen LogP contribution in [-0.4, -0.2) is 26.9 Å². The molecular formula is C18H16N4OS. The molecule has 4 rings (SSSR count). The first kappa shape index (κ1) is 14.8. The molecule has 0 saturated heterocycles. The molecule has 0 aliphatic carbocycles. The molecule has 0 saturated carbocycles. The van der Waals surface area contributed by atoms with Gasteiger partial charge in [-0.15, -0.1) is 10.2 Å². The van der Waals surface area contributed by atoms with E-state index in [-0.39, 0.29) is 0 Å². The summed E-state index contributed by atoms with van der Waals surface area (Å²) in [6, 6.07) is 18.2. The van der Waals surface area contributed by atoms with Crippen molar-refractivity contribution < 1.29 is 4.74 Å². The second kappa shape index (κ2) is 6.41. The lowest BCUT2D eigenvalue weighted by atomic mass is 10.1. The van der Waals surface area contributed by atoms with Crippen molar-refractivity contribution in [3.63, 3.8) is 0 Å². The van der Waals surface area contributed by atoms with E-state index in [1.54, 1.807) is 18.4 Å². The van der Waals surface area contributed by atoms with E-state index in [1.165, 1.54) is 5.56 Å². The van der Waals surface area contributed by atoms with E-state index in [4.69, 9.17) is 4.74 Å². The molecule has 0 atom stereocenters. The topological polar surface area (TPSA) is 52.3 Å². The first-order chi connectivity index (χ1) is 11.8. The highest BCUT2D eigenvalue weighted by Crippen LogP contribution is 2.24. The minimum Gasteiger partial charge on any atom is -0.497 e. The maximum atomic E-state index is 5.20. The number of nitrogens with zero attached hydrogens (tertiary/aromatic N) is 4. The predicted octanol–water partition coefficient (Wildman–Crippen LogP) is 3.65. The fourth-order valence-electron chi connectivity index (χ4n) is 2.57. The van der Waals surface area contributed by atoms with E-state index in [0.717, 1.165) is 39.9 Å². The van der Waals surface area contributed by atoms with Crippen LogP contribution in [-0.2, 0) is 12.8 Å². The third-order valence-corrected chi connectivity index (χ3v) is 4.81. The molecule has 0 bridgehead atoms. The van der Waals surface area contributed by atoms with E-state index in [0.29, 0.717) is 0 Å². The Morgan fingerprint density at radius 3 is 2.50 bits per heavy atom. The van der Waals surface area contributed by atoms with Crippen LogP contribution in [0.3, 0.4) is 0 Å². The summed E-state index contributed by atoms with van der Waals surface area (Å²) in [6.07, 6.45) is 1.88. The maximum Gasteiger partial charge on any atom is 0.234 e. The molecule has 0 amide bonds. The average molecular weight is 336 g/mol. The molecule has 2 aromatic carbocycles. The second-order valence-electron chi connectivity index (χ2n) is 5.43. The second-order valence-corrected chi connectivity index (χ2v) is 6.47. The van der Waals surface area contributed by atoms with E-state index < -0.39 is 0 Å². The van der Waals surface area contributed by atoms with Gasteiger partial charge in [0.15, 0.2) is 5.82 Å². The predicted molar refractivity (Wildman–Crippen MR) is 94.5 cm³/mol. The Balaban J connectivity index is 1.58.